The summed E-state index contributed by atoms with van der Waals surface area (Å²) in [6.45, 7) is 3.72. The van der Waals surface area contributed by atoms with Gasteiger partial charge in [-0.05, 0) is 17.0 Å². The Hall–Kier alpha value is -1.45. The number of rotatable bonds is 1. The minimum Gasteiger partial charge on any atom is -0.388 e. The van der Waals surface area contributed by atoms with E-state index in [1.54, 1.807) is 0 Å². The fourth-order valence-corrected chi connectivity index (χ4v) is 2.15. The zero-order chi connectivity index (χ0) is 19.3. The van der Waals surface area contributed by atoms with Gasteiger partial charge in [0.2, 0.25) is 0 Å². The summed E-state index contributed by atoms with van der Waals surface area (Å²) in [7, 11) is 0. The van der Waals surface area contributed by atoms with Gasteiger partial charge in [-0.1, -0.05) is 26.8 Å². The van der Waals surface area contributed by atoms with Crippen LogP contribution in [0.25, 0.3) is 0 Å². The molecular formula is C14H13F9O. The van der Waals surface area contributed by atoms with Gasteiger partial charge in [-0.25, -0.2) is 0 Å². The Morgan fingerprint density at radius 2 is 1.12 bits per heavy atom. The summed E-state index contributed by atoms with van der Waals surface area (Å²) in [5, 5.41) is 9.94. The van der Waals surface area contributed by atoms with Crippen LogP contribution in [0.3, 0.4) is 0 Å². The maximum atomic E-state index is 13.2. The van der Waals surface area contributed by atoms with E-state index < -0.39 is 52.3 Å². The van der Waals surface area contributed by atoms with Crippen molar-refractivity contribution in [1.29, 1.82) is 0 Å². The van der Waals surface area contributed by atoms with Crippen LogP contribution in [-0.4, -0.2) is 5.11 Å². The number of aliphatic hydroxyl groups excluding tert-OH is 1. The lowest BCUT2D eigenvalue weighted by Gasteiger charge is -2.31. The molecule has 0 bridgehead atoms. The highest BCUT2D eigenvalue weighted by Crippen LogP contribution is 2.50. The Kier molecular flexibility index (Phi) is 4.99. The molecule has 0 radical (unpaired) electrons. The summed E-state index contributed by atoms with van der Waals surface area (Å²) in [6, 6.07) is 0.138. The van der Waals surface area contributed by atoms with Crippen LogP contribution in [0, 0.1) is 5.41 Å². The molecule has 0 saturated heterocycles. The highest BCUT2D eigenvalue weighted by molar-refractivity contribution is 5.47. The molecule has 0 aromatic heterocycles. The van der Waals surface area contributed by atoms with Crippen molar-refractivity contribution in [2.75, 3.05) is 0 Å². The van der Waals surface area contributed by atoms with Crippen molar-refractivity contribution in [3.05, 3.63) is 34.4 Å². The zero-order valence-corrected chi connectivity index (χ0v) is 12.6. The largest absolute Gasteiger partial charge is 0.417 e. The molecule has 1 aromatic carbocycles. The second kappa shape index (κ2) is 5.82. The first-order chi connectivity index (χ1) is 10.4. The number of aliphatic hydroxyl groups is 1. The van der Waals surface area contributed by atoms with E-state index in [0.717, 1.165) is 0 Å². The van der Waals surface area contributed by atoms with Gasteiger partial charge in [0.25, 0.3) is 0 Å². The molecule has 0 heterocycles. The van der Waals surface area contributed by atoms with Crippen LogP contribution in [0.2, 0.25) is 0 Å². The van der Waals surface area contributed by atoms with Crippen LogP contribution in [0.5, 0.6) is 0 Å². The first kappa shape index (κ1) is 20.6. The van der Waals surface area contributed by atoms with E-state index in [9.17, 15) is 44.6 Å². The molecule has 0 saturated carbocycles. The number of hydrogen-bond donors (Lipinski definition) is 1. The van der Waals surface area contributed by atoms with Crippen molar-refractivity contribution >= 4 is 0 Å². The van der Waals surface area contributed by atoms with Crippen molar-refractivity contribution in [1.82, 2.24) is 0 Å². The fourth-order valence-electron chi connectivity index (χ4n) is 2.15. The first-order valence-corrected chi connectivity index (χ1v) is 6.45. The second-order valence-corrected chi connectivity index (χ2v) is 6.21. The smallest absolute Gasteiger partial charge is 0.388 e. The molecule has 0 aliphatic heterocycles. The Labute approximate surface area is 131 Å². The van der Waals surface area contributed by atoms with E-state index in [1.807, 2.05) is 0 Å². The minimum atomic E-state index is -5.91. The third-order valence-electron chi connectivity index (χ3n) is 3.22. The third-order valence-corrected chi connectivity index (χ3v) is 3.22. The predicted molar refractivity (Wildman–Crippen MR) is 65.9 cm³/mol. The standard InChI is InChI=1S/C14H13F9O/c1-11(2,3)10(24)6-4-5-7(12(15,16)17)9(14(21,22)23)8(6)13(18,19)20/h4-5,10,24H,1-3H3. The van der Waals surface area contributed by atoms with Crippen molar-refractivity contribution in [2.24, 2.45) is 5.41 Å². The van der Waals surface area contributed by atoms with Crippen molar-refractivity contribution in [3.63, 3.8) is 0 Å². The average Bonchev–Trinajstić information content (AvgIpc) is 2.31. The molecule has 10 heteroatoms. The topological polar surface area (TPSA) is 20.2 Å². The molecule has 24 heavy (non-hydrogen) atoms. The quantitative estimate of drug-likeness (QED) is 0.619. The molecule has 1 atom stereocenters. The molecule has 0 fully saturated rings. The van der Waals surface area contributed by atoms with Crippen LogP contribution >= 0.6 is 0 Å². The predicted octanol–water partition coefficient (Wildman–Crippen LogP) is 5.82. The van der Waals surface area contributed by atoms with Crippen LogP contribution in [-0.2, 0) is 18.5 Å². The Balaban J connectivity index is 3.98. The number of alkyl halides is 9. The maximum Gasteiger partial charge on any atom is 0.417 e. The summed E-state index contributed by atoms with van der Waals surface area (Å²) in [5.74, 6) is 0. The van der Waals surface area contributed by atoms with Crippen LogP contribution < -0.4 is 0 Å². The second-order valence-electron chi connectivity index (χ2n) is 6.21. The molecular weight excluding hydrogens is 355 g/mol. The highest BCUT2D eigenvalue weighted by atomic mass is 19.4. The monoisotopic (exact) mass is 368 g/mol. The lowest BCUT2D eigenvalue weighted by Crippen LogP contribution is -2.28. The lowest BCUT2D eigenvalue weighted by atomic mass is 9.81. The van der Waals surface area contributed by atoms with Crippen LogP contribution in [0.4, 0.5) is 39.5 Å². The van der Waals surface area contributed by atoms with Gasteiger partial charge in [0.1, 0.15) is 0 Å². The van der Waals surface area contributed by atoms with Gasteiger partial charge in [-0.2, -0.15) is 39.5 Å². The molecule has 1 unspecified atom stereocenters. The van der Waals surface area contributed by atoms with Gasteiger partial charge < -0.3 is 5.11 Å². The Morgan fingerprint density at radius 1 is 0.708 bits per heavy atom. The maximum absolute atomic E-state index is 13.2. The number of halogens is 9. The average molecular weight is 368 g/mol. The van der Waals surface area contributed by atoms with Gasteiger partial charge >= 0.3 is 18.5 Å². The number of benzene rings is 1. The van der Waals surface area contributed by atoms with Gasteiger partial charge in [-0.15, -0.1) is 0 Å². The van der Waals surface area contributed by atoms with E-state index in [-0.39, 0.29) is 12.1 Å². The van der Waals surface area contributed by atoms with E-state index >= 15 is 0 Å². The van der Waals surface area contributed by atoms with E-state index in [1.165, 1.54) is 20.8 Å². The summed E-state index contributed by atoms with van der Waals surface area (Å²) in [6.07, 6.45) is -19.4. The lowest BCUT2D eigenvalue weighted by molar-refractivity contribution is -0.175. The first-order valence-electron chi connectivity index (χ1n) is 6.45. The molecule has 138 valence electrons. The fraction of sp³-hybridized carbons (Fsp3) is 0.571. The summed E-state index contributed by atoms with van der Waals surface area (Å²) >= 11 is 0. The van der Waals surface area contributed by atoms with E-state index in [4.69, 9.17) is 0 Å². The molecule has 1 N–H and O–H groups in total. The van der Waals surface area contributed by atoms with Crippen LogP contribution in [0.1, 0.15) is 49.1 Å². The molecule has 1 aromatic rings. The van der Waals surface area contributed by atoms with E-state index in [0.29, 0.717) is 0 Å². The zero-order valence-electron chi connectivity index (χ0n) is 12.6. The van der Waals surface area contributed by atoms with Crippen molar-refractivity contribution < 1.29 is 44.6 Å². The molecule has 0 amide bonds. The summed E-state index contributed by atoms with van der Waals surface area (Å²) < 4.78 is 117. The highest BCUT2D eigenvalue weighted by Gasteiger charge is 2.52. The van der Waals surface area contributed by atoms with Gasteiger partial charge in [0.15, 0.2) is 0 Å². The molecule has 0 aliphatic carbocycles. The molecule has 1 nitrogen and oxygen atoms in total. The Morgan fingerprint density at radius 3 is 1.42 bits per heavy atom. The van der Waals surface area contributed by atoms with Crippen molar-refractivity contribution in [3.8, 4) is 0 Å². The van der Waals surface area contributed by atoms with Gasteiger partial charge in [0.05, 0.1) is 22.8 Å². The van der Waals surface area contributed by atoms with Gasteiger partial charge in [0, 0.05) is 0 Å². The third kappa shape index (κ3) is 4.14. The molecule has 0 aliphatic rings. The Bertz CT molecular complexity index is 603. The van der Waals surface area contributed by atoms with Crippen molar-refractivity contribution in [2.45, 2.75) is 45.4 Å². The summed E-state index contributed by atoms with van der Waals surface area (Å²) in [4.78, 5) is 0. The minimum absolute atomic E-state index is 0.0949. The van der Waals surface area contributed by atoms with E-state index in [2.05, 4.69) is 0 Å². The molecule has 0 spiro atoms. The molecule has 1 rings (SSSR count). The summed E-state index contributed by atoms with van der Waals surface area (Å²) in [5.41, 5.74) is -10.4. The van der Waals surface area contributed by atoms with Gasteiger partial charge in [-0.3, -0.25) is 0 Å². The SMILES string of the molecule is CC(C)(C)C(O)c1ccc(C(F)(F)F)c(C(F)(F)F)c1C(F)(F)F. The normalized spacial score (nSPS) is 15.5. The number of hydrogen-bond acceptors (Lipinski definition) is 1. The van der Waals surface area contributed by atoms with Crippen LogP contribution in [0.15, 0.2) is 12.1 Å².